The lowest BCUT2D eigenvalue weighted by Gasteiger charge is -2.20. The largest absolute Gasteiger partial charge is 0.307 e. The van der Waals surface area contributed by atoms with Crippen LogP contribution in [0.4, 0.5) is 4.39 Å². The highest BCUT2D eigenvalue weighted by Gasteiger charge is 2.19. The van der Waals surface area contributed by atoms with E-state index in [0.29, 0.717) is 11.1 Å². The molecular weight excluding hydrogens is 260 g/mol. The molecule has 1 aliphatic rings. The van der Waals surface area contributed by atoms with Crippen LogP contribution in [-0.4, -0.2) is 6.04 Å². The molecule has 94 valence electrons. The second-order valence-electron chi connectivity index (χ2n) is 4.66. The molecule has 0 amide bonds. The van der Waals surface area contributed by atoms with Crippen LogP contribution in [-0.2, 0) is 0 Å². The zero-order chi connectivity index (χ0) is 12.4. The molecule has 1 atom stereocenters. The van der Waals surface area contributed by atoms with Crippen LogP contribution in [0.2, 0.25) is 10.0 Å². The summed E-state index contributed by atoms with van der Waals surface area (Å²) in [4.78, 5) is 0. The molecule has 0 radical (unpaired) electrons. The predicted octanol–water partition coefficient (Wildman–Crippen LogP) is 4.73. The summed E-state index contributed by atoms with van der Waals surface area (Å²) in [5, 5.41) is 4.09. The Morgan fingerprint density at radius 1 is 1.24 bits per heavy atom. The van der Waals surface area contributed by atoms with E-state index in [2.05, 4.69) is 5.32 Å². The summed E-state index contributed by atoms with van der Waals surface area (Å²) in [6.45, 7) is 2.01. The van der Waals surface area contributed by atoms with Crippen molar-refractivity contribution >= 4 is 23.2 Å². The van der Waals surface area contributed by atoms with Crippen molar-refractivity contribution in [2.45, 2.75) is 44.7 Å². The fraction of sp³-hybridized carbons (Fsp3) is 0.538. The zero-order valence-electron chi connectivity index (χ0n) is 9.77. The molecule has 1 saturated carbocycles. The smallest absolute Gasteiger partial charge is 0.142 e. The van der Waals surface area contributed by atoms with Gasteiger partial charge >= 0.3 is 0 Å². The lowest BCUT2D eigenvalue weighted by molar-refractivity contribution is 0.460. The lowest BCUT2D eigenvalue weighted by atomic mass is 10.1. The van der Waals surface area contributed by atoms with Crippen LogP contribution < -0.4 is 5.32 Å². The second kappa shape index (κ2) is 5.55. The van der Waals surface area contributed by atoms with Crippen LogP contribution in [0.25, 0.3) is 0 Å². The van der Waals surface area contributed by atoms with E-state index in [1.54, 1.807) is 0 Å². The molecular formula is C13H16Cl2FN. The molecule has 0 spiro atoms. The van der Waals surface area contributed by atoms with E-state index in [4.69, 9.17) is 23.2 Å². The number of benzene rings is 1. The van der Waals surface area contributed by atoms with E-state index in [1.807, 2.05) is 6.92 Å². The van der Waals surface area contributed by atoms with Crippen molar-refractivity contribution in [3.63, 3.8) is 0 Å². The maximum absolute atomic E-state index is 13.4. The van der Waals surface area contributed by atoms with Crippen LogP contribution in [0.1, 0.15) is 44.2 Å². The van der Waals surface area contributed by atoms with E-state index in [0.717, 1.165) is 5.56 Å². The van der Waals surface area contributed by atoms with Gasteiger partial charge in [0.15, 0.2) is 0 Å². The van der Waals surface area contributed by atoms with E-state index >= 15 is 0 Å². The van der Waals surface area contributed by atoms with E-state index in [9.17, 15) is 4.39 Å². The monoisotopic (exact) mass is 275 g/mol. The molecule has 1 unspecified atom stereocenters. The summed E-state index contributed by atoms with van der Waals surface area (Å²) in [7, 11) is 0. The van der Waals surface area contributed by atoms with Gasteiger partial charge in [0.2, 0.25) is 0 Å². The van der Waals surface area contributed by atoms with Gasteiger partial charge in [-0.15, -0.1) is 0 Å². The summed E-state index contributed by atoms with van der Waals surface area (Å²) in [5.41, 5.74) is 0.778. The van der Waals surface area contributed by atoms with Crippen molar-refractivity contribution in [2.75, 3.05) is 0 Å². The third-order valence-corrected chi connectivity index (χ3v) is 3.96. The van der Waals surface area contributed by atoms with E-state index in [-0.39, 0.29) is 11.1 Å². The molecule has 1 fully saturated rings. The van der Waals surface area contributed by atoms with Gasteiger partial charge in [0.25, 0.3) is 0 Å². The van der Waals surface area contributed by atoms with Gasteiger partial charge in [-0.05, 0) is 37.5 Å². The number of halogens is 3. The molecule has 1 nitrogen and oxygen atoms in total. The Balaban J connectivity index is 2.12. The fourth-order valence-electron chi connectivity index (χ4n) is 2.41. The molecule has 0 saturated heterocycles. The number of rotatable bonds is 3. The molecule has 0 heterocycles. The molecule has 0 aromatic heterocycles. The molecule has 17 heavy (non-hydrogen) atoms. The highest BCUT2D eigenvalue weighted by atomic mass is 35.5. The SMILES string of the molecule is CC(NC1CCCC1)c1cc(F)c(Cl)cc1Cl. The molecule has 1 aromatic rings. The van der Waals surface area contributed by atoms with E-state index < -0.39 is 5.82 Å². The maximum atomic E-state index is 13.4. The first-order valence-electron chi connectivity index (χ1n) is 5.98. The summed E-state index contributed by atoms with van der Waals surface area (Å²) in [5.74, 6) is -0.411. The predicted molar refractivity (Wildman–Crippen MR) is 70.2 cm³/mol. The Bertz CT molecular complexity index is 403. The second-order valence-corrected chi connectivity index (χ2v) is 5.47. The van der Waals surface area contributed by atoms with Crippen molar-refractivity contribution in [3.8, 4) is 0 Å². The Morgan fingerprint density at radius 2 is 1.88 bits per heavy atom. The maximum Gasteiger partial charge on any atom is 0.142 e. The van der Waals surface area contributed by atoms with Crippen molar-refractivity contribution in [3.05, 3.63) is 33.6 Å². The van der Waals surface area contributed by atoms with Gasteiger partial charge in [-0.1, -0.05) is 36.0 Å². The van der Waals surface area contributed by atoms with Gasteiger partial charge in [0.1, 0.15) is 5.82 Å². The molecule has 4 heteroatoms. The Morgan fingerprint density at radius 3 is 2.53 bits per heavy atom. The quantitative estimate of drug-likeness (QED) is 0.787. The average Bonchev–Trinajstić information content (AvgIpc) is 2.76. The van der Waals surface area contributed by atoms with Crippen LogP contribution in [0.15, 0.2) is 12.1 Å². The van der Waals surface area contributed by atoms with Crippen molar-refractivity contribution < 1.29 is 4.39 Å². The number of hydrogen-bond acceptors (Lipinski definition) is 1. The Hall–Kier alpha value is -0.310. The van der Waals surface area contributed by atoms with Gasteiger partial charge in [0, 0.05) is 17.1 Å². The molecule has 2 rings (SSSR count). The first kappa shape index (κ1) is 13.1. The van der Waals surface area contributed by atoms with Gasteiger partial charge in [-0.2, -0.15) is 0 Å². The highest BCUT2D eigenvalue weighted by molar-refractivity contribution is 6.35. The fourth-order valence-corrected chi connectivity index (χ4v) is 2.95. The van der Waals surface area contributed by atoms with Crippen LogP contribution in [0.5, 0.6) is 0 Å². The van der Waals surface area contributed by atoms with Crippen LogP contribution in [0, 0.1) is 5.82 Å². The van der Waals surface area contributed by atoms with Crippen LogP contribution >= 0.6 is 23.2 Å². The minimum atomic E-state index is -0.411. The molecule has 1 N–H and O–H groups in total. The van der Waals surface area contributed by atoms with Crippen molar-refractivity contribution in [1.29, 1.82) is 0 Å². The van der Waals surface area contributed by atoms with Crippen LogP contribution in [0.3, 0.4) is 0 Å². The van der Waals surface area contributed by atoms with Gasteiger partial charge < -0.3 is 5.32 Å². The lowest BCUT2D eigenvalue weighted by Crippen LogP contribution is -2.29. The summed E-state index contributed by atoms with van der Waals surface area (Å²) >= 11 is 11.8. The number of hydrogen-bond donors (Lipinski definition) is 1. The van der Waals surface area contributed by atoms with Gasteiger partial charge in [-0.25, -0.2) is 4.39 Å². The third-order valence-electron chi connectivity index (χ3n) is 3.35. The van der Waals surface area contributed by atoms with Crippen molar-refractivity contribution in [1.82, 2.24) is 5.32 Å². The van der Waals surface area contributed by atoms with E-state index in [1.165, 1.54) is 37.8 Å². The average molecular weight is 276 g/mol. The Labute approximate surface area is 111 Å². The highest BCUT2D eigenvalue weighted by Crippen LogP contribution is 2.30. The van der Waals surface area contributed by atoms with Crippen molar-refractivity contribution in [2.24, 2.45) is 0 Å². The minimum absolute atomic E-state index is 0.0531. The standard InChI is InChI=1S/C13H16Cl2FN/c1-8(17-9-4-2-3-5-9)10-6-13(16)12(15)7-11(10)14/h6-9,17H,2-5H2,1H3. The molecule has 0 aliphatic heterocycles. The topological polar surface area (TPSA) is 12.0 Å². The number of nitrogens with one attached hydrogen (secondary N) is 1. The van der Waals surface area contributed by atoms with Gasteiger partial charge in [0.05, 0.1) is 5.02 Å². The normalized spacial score (nSPS) is 18.6. The minimum Gasteiger partial charge on any atom is -0.307 e. The Kier molecular flexibility index (Phi) is 4.29. The molecule has 0 bridgehead atoms. The first-order chi connectivity index (χ1) is 8.08. The molecule has 1 aromatic carbocycles. The third kappa shape index (κ3) is 3.12. The summed E-state index contributed by atoms with van der Waals surface area (Å²) < 4.78 is 13.4. The summed E-state index contributed by atoms with van der Waals surface area (Å²) in [6, 6.07) is 3.48. The van der Waals surface area contributed by atoms with Gasteiger partial charge in [-0.3, -0.25) is 0 Å². The summed E-state index contributed by atoms with van der Waals surface area (Å²) in [6.07, 6.45) is 4.93. The zero-order valence-corrected chi connectivity index (χ0v) is 11.3. The molecule has 1 aliphatic carbocycles. The first-order valence-corrected chi connectivity index (χ1v) is 6.74.